The molecule has 7 nitrogen and oxygen atoms in total. The average molecular weight is 387 g/mol. The normalized spacial score (nSPS) is 12.1. The molecular weight excluding hydrogens is 364 g/mol. The molecule has 8 heteroatoms. The van der Waals surface area contributed by atoms with Gasteiger partial charge in [-0.15, -0.1) is 15.3 Å². The molecule has 1 unspecified atom stereocenters. The molecule has 0 aliphatic rings. The lowest BCUT2D eigenvalue weighted by Crippen LogP contribution is -2.32. The van der Waals surface area contributed by atoms with E-state index in [-0.39, 0.29) is 11.9 Å². The van der Waals surface area contributed by atoms with E-state index in [1.165, 1.54) is 0 Å². The summed E-state index contributed by atoms with van der Waals surface area (Å²) in [7, 11) is 0. The minimum atomic E-state index is 0.0121. The number of rotatable bonds is 8. The largest absolute Gasteiger partial charge is 0.365 e. The highest BCUT2D eigenvalue weighted by Gasteiger charge is 2.11. The molecule has 2 aromatic heterocycles. The number of aryl methyl sites for hydroxylation is 1. The van der Waals surface area contributed by atoms with Crippen LogP contribution in [-0.4, -0.2) is 31.8 Å². The van der Waals surface area contributed by atoms with Crippen molar-refractivity contribution in [3.8, 4) is 0 Å². The first-order chi connectivity index (χ1) is 13.0. The van der Waals surface area contributed by atoms with Crippen LogP contribution in [0.1, 0.15) is 38.1 Å². The van der Waals surface area contributed by atoms with Gasteiger partial charge >= 0.3 is 0 Å². The fourth-order valence-corrected chi connectivity index (χ4v) is 2.68. The number of anilines is 1. The Balaban J connectivity index is 1.64. The van der Waals surface area contributed by atoms with Gasteiger partial charge in [-0.1, -0.05) is 30.7 Å². The molecular formula is C19H23ClN6O. The van der Waals surface area contributed by atoms with E-state index in [0.717, 1.165) is 12.0 Å². The number of aromatic nitrogens is 4. The number of hydrogen-bond donors (Lipinski definition) is 2. The molecule has 3 aromatic rings. The second-order valence-corrected chi connectivity index (χ2v) is 6.90. The van der Waals surface area contributed by atoms with Crippen LogP contribution >= 0.6 is 11.6 Å². The summed E-state index contributed by atoms with van der Waals surface area (Å²) < 4.78 is 1.68. The third-order valence-corrected chi connectivity index (χ3v) is 4.56. The van der Waals surface area contributed by atoms with Crippen LogP contribution < -0.4 is 10.6 Å². The minimum absolute atomic E-state index is 0.0121. The van der Waals surface area contributed by atoms with Crippen molar-refractivity contribution in [3.05, 3.63) is 52.8 Å². The predicted octanol–water partition coefficient (Wildman–Crippen LogP) is 3.24. The Hall–Kier alpha value is -2.67. The van der Waals surface area contributed by atoms with Gasteiger partial charge < -0.3 is 10.6 Å². The van der Waals surface area contributed by atoms with E-state index in [9.17, 15) is 4.79 Å². The number of benzene rings is 1. The number of carbonyl (C=O) groups excluding carboxylic acids is 1. The molecule has 0 fully saturated rings. The molecule has 0 saturated heterocycles. The summed E-state index contributed by atoms with van der Waals surface area (Å²) in [5, 5.41) is 19.8. The zero-order chi connectivity index (χ0) is 19.2. The zero-order valence-electron chi connectivity index (χ0n) is 15.4. The Kier molecular flexibility index (Phi) is 6.24. The third kappa shape index (κ3) is 5.17. The van der Waals surface area contributed by atoms with E-state index >= 15 is 0 Å². The average Bonchev–Trinajstić information content (AvgIpc) is 3.08. The maximum absolute atomic E-state index is 12.0. The van der Waals surface area contributed by atoms with Crippen LogP contribution in [0.3, 0.4) is 0 Å². The Morgan fingerprint density at radius 1 is 1.19 bits per heavy atom. The molecule has 3 rings (SSSR count). The molecule has 2 heterocycles. The van der Waals surface area contributed by atoms with Crippen molar-refractivity contribution >= 4 is 29.0 Å². The van der Waals surface area contributed by atoms with Crippen LogP contribution in [0.5, 0.6) is 0 Å². The number of nitrogens with zero attached hydrogens (tertiary/aromatic N) is 4. The third-order valence-electron chi connectivity index (χ3n) is 4.31. The maximum atomic E-state index is 12.0. The van der Waals surface area contributed by atoms with Gasteiger partial charge in [0.25, 0.3) is 0 Å². The van der Waals surface area contributed by atoms with Crippen LogP contribution in [0.2, 0.25) is 5.02 Å². The Morgan fingerprint density at radius 2 is 1.96 bits per heavy atom. The van der Waals surface area contributed by atoms with Crippen LogP contribution in [0, 0.1) is 0 Å². The minimum Gasteiger partial charge on any atom is -0.365 e. The molecule has 1 atom stereocenters. The molecule has 1 aromatic carbocycles. The van der Waals surface area contributed by atoms with Crippen molar-refractivity contribution in [1.82, 2.24) is 25.1 Å². The van der Waals surface area contributed by atoms with Gasteiger partial charge in [-0.2, -0.15) is 4.52 Å². The Morgan fingerprint density at radius 3 is 2.70 bits per heavy atom. The van der Waals surface area contributed by atoms with E-state index in [0.29, 0.717) is 41.7 Å². The van der Waals surface area contributed by atoms with Gasteiger partial charge in [-0.05, 0) is 43.2 Å². The summed E-state index contributed by atoms with van der Waals surface area (Å²) in [4.78, 5) is 12.0. The molecule has 142 valence electrons. The highest BCUT2D eigenvalue weighted by molar-refractivity contribution is 6.30. The summed E-state index contributed by atoms with van der Waals surface area (Å²) in [5.74, 6) is 1.39. The van der Waals surface area contributed by atoms with Crippen molar-refractivity contribution in [1.29, 1.82) is 0 Å². The fraction of sp³-hybridized carbons (Fsp3) is 0.368. The highest BCUT2D eigenvalue weighted by atomic mass is 35.5. The van der Waals surface area contributed by atoms with Gasteiger partial charge in [0.15, 0.2) is 11.5 Å². The van der Waals surface area contributed by atoms with E-state index in [1.54, 1.807) is 4.52 Å². The summed E-state index contributed by atoms with van der Waals surface area (Å²) in [6, 6.07) is 11.5. The van der Waals surface area contributed by atoms with Crippen molar-refractivity contribution in [2.45, 2.75) is 45.7 Å². The smallest absolute Gasteiger partial charge is 0.220 e. The number of fused-ring (bicyclic) bond motifs is 1. The van der Waals surface area contributed by atoms with Gasteiger partial charge in [0.05, 0.1) is 0 Å². The van der Waals surface area contributed by atoms with Gasteiger partial charge in [-0.25, -0.2) is 0 Å². The molecule has 2 N–H and O–H groups in total. The van der Waals surface area contributed by atoms with Crippen LogP contribution in [0.4, 0.5) is 5.82 Å². The lowest BCUT2D eigenvalue weighted by molar-refractivity contribution is -0.121. The second kappa shape index (κ2) is 8.81. The van der Waals surface area contributed by atoms with E-state index in [4.69, 9.17) is 11.6 Å². The zero-order valence-corrected chi connectivity index (χ0v) is 16.2. The summed E-state index contributed by atoms with van der Waals surface area (Å²) in [6.07, 6.45) is 1.75. The van der Waals surface area contributed by atoms with Gasteiger partial charge in [0.1, 0.15) is 5.82 Å². The van der Waals surface area contributed by atoms with Gasteiger partial charge in [0, 0.05) is 30.5 Å². The monoisotopic (exact) mass is 386 g/mol. The number of carbonyl (C=O) groups is 1. The number of hydrogen-bond acceptors (Lipinski definition) is 5. The first-order valence-electron chi connectivity index (χ1n) is 9.04. The van der Waals surface area contributed by atoms with Crippen LogP contribution in [0.15, 0.2) is 36.4 Å². The fourth-order valence-electron chi connectivity index (χ4n) is 2.55. The first kappa shape index (κ1) is 19.1. The lowest BCUT2D eigenvalue weighted by Gasteiger charge is -2.10. The van der Waals surface area contributed by atoms with E-state index in [1.807, 2.05) is 50.2 Å². The Labute approximate surface area is 163 Å². The topological polar surface area (TPSA) is 84.2 Å². The standard InChI is InChI=1S/C19H23ClN6O/c1-3-13(2)22-19(27)11-10-18-24-23-17-9-8-16(25-26(17)18)21-12-14-4-6-15(20)7-5-14/h4-9,13H,3,10-12H2,1-2H3,(H,21,25)(H,22,27). The van der Waals surface area contributed by atoms with E-state index < -0.39 is 0 Å². The number of nitrogens with one attached hydrogen (secondary N) is 2. The highest BCUT2D eigenvalue weighted by Crippen LogP contribution is 2.12. The summed E-state index contributed by atoms with van der Waals surface area (Å²) in [6.45, 7) is 4.66. The quantitative estimate of drug-likeness (QED) is 0.620. The van der Waals surface area contributed by atoms with Crippen molar-refractivity contribution in [2.75, 3.05) is 5.32 Å². The molecule has 0 aliphatic carbocycles. The summed E-state index contributed by atoms with van der Waals surface area (Å²) >= 11 is 5.91. The molecule has 0 bridgehead atoms. The van der Waals surface area contributed by atoms with Crippen LogP contribution in [0.25, 0.3) is 5.65 Å². The maximum Gasteiger partial charge on any atom is 0.220 e. The molecule has 27 heavy (non-hydrogen) atoms. The Bertz CT molecular complexity index is 908. The van der Waals surface area contributed by atoms with Gasteiger partial charge in [-0.3, -0.25) is 4.79 Å². The molecule has 1 amide bonds. The first-order valence-corrected chi connectivity index (χ1v) is 9.42. The summed E-state index contributed by atoms with van der Waals surface area (Å²) in [5.41, 5.74) is 1.76. The SMILES string of the molecule is CCC(C)NC(=O)CCc1nnc2ccc(NCc3ccc(Cl)cc3)nn12. The molecule has 0 radical (unpaired) electrons. The molecule has 0 spiro atoms. The predicted molar refractivity (Wildman–Crippen MR) is 106 cm³/mol. The van der Waals surface area contributed by atoms with Crippen LogP contribution in [-0.2, 0) is 17.8 Å². The molecule has 0 aliphatic heterocycles. The van der Waals surface area contributed by atoms with Crippen molar-refractivity contribution < 1.29 is 4.79 Å². The number of halogens is 1. The number of amides is 1. The lowest BCUT2D eigenvalue weighted by atomic mass is 10.2. The van der Waals surface area contributed by atoms with Gasteiger partial charge in [0.2, 0.25) is 5.91 Å². The van der Waals surface area contributed by atoms with E-state index in [2.05, 4.69) is 25.9 Å². The second-order valence-electron chi connectivity index (χ2n) is 6.46. The molecule has 0 saturated carbocycles. The van der Waals surface area contributed by atoms with Crippen molar-refractivity contribution in [2.24, 2.45) is 0 Å². The van der Waals surface area contributed by atoms with Crippen molar-refractivity contribution in [3.63, 3.8) is 0 Å².